The highest BCUT2D eigenvalue weighted by molar-refractivity contribution is 7.88. The number of benzene rings is 2. The van der Waals surface area contributed by atoms with Crippen molar-refractivity contribution in [3.8, 4) is 0 Å². The highest BCUT2D eigenvalue weighted by Crippen LogP contribution is 2.30. The first-order chi connectivity index (χ1) is 14.9. The van der Waals surface area contributed by atoms with Crippen LogP contribution in [0, 0.1) is 5.92 Å². The predicted molar refractivity (Wildman–Crippen MR) is 114 cm³/mol. The number of alkyl halides is 3. The lowest BCUT2D eigenvalue weighted by Gasteiger charge is -2.29. The molecule has 172 valence electrons. The number of carbonyl (C=O) groups is 2. The van der Waals surface area contributed by atoms with E-state index >= 15 is 0 Å². The summed E-state index contributed by atoms with van der Waals surface area (Å²) >= 11 is 0. The number of carbonyl (C=O) groups excluding carboxylic acids is 2. The summed E-state index contributed by atoms with van der Waals surface area (Å²) < 4.78 is 63.1. The van der Waals surface area contributed by atoms with E-state index < -0.39 is 27.7 Å². The Balaban J connectivity index is 1.63. The minimum atomic E-state index is -4.53. The van der Waals surface area contributed by atoms with Crippen molar-refractivity contribution < 1.29 is 31.2 Å². The van der Waals surface area contributed by atoms with Crippen molar-refractivity contribution in [2.75, 3.05) is 30.0 Å². The van der Waals surface area contributed by atoms with Gasteiger partial charge in [-0.1, -0.05) is 12.1 Å². The van der Waals surface area contributed by atoms with E-state index in [2.05, 4.69) is 10.6 Å². The summed E-state index contributed by atoms with van der Waals surface area (Å²) in [5.41, 5.74) is -0.362. The molecule has 0 spiro atoms. The van der Waals surface area contributed by atoms with Crippen LogP contribution in [-0.4, -0.2) is 43.9 Å². The Hall–Kier alpha value is -2.92. The van der Waals surface area contributed by atoms with Gasteiger partial charge in [0.15, 0.2) is 0 Å². The Bertz CT molecular complexity index is 1110. The highest BCUT2D eigenvalue weighted by atomic mass is 32.2. The van der Waals surface area contributed by atoms with Gasteiger partial charge in [0.2, 0.25) is 15.9 Å². The monoisotopic (exact) mass is 469 g/mol. The van der Waals surface area contributed by atoms with Gasteiger partial charge in [-0.2, -0.15) is 13.2 Å². The molecule has 2 aromatic carbocycles. The lowest BCUT2D eigenvalue weighted by atomic mass is 9.97. The average Bonchev–Trinajstić information content (AvgIpc) is 2.73. The molecule has 2 amide bonds. The maximum Gasteiger partial charge on any atom is 0.416 e. The third kappa shape index (κ3) is 6.07. The molecule has 11 heteroatoms. The summed E-state index contributed by atoms with van der Waals surface area (Å²) in [6.07, 6.45) is -2.63. The van der Waals surface area contributed by atoms with Crippen molar-refractivity contribution in [3.05, 3.63) is 59.7 Å². The number of hydrogen-bond donors (Lipinski definition) is 2. The molecule has 0 aliphatic carbocycles. The Kier molecular flexibility index (Phi) is 6.89. The van der Waals surface area contributed by atoms with Crippen molar-refractivity contribution >= 4 is 33.2 Å². The molecule has 1 fully saturated rings. The molecular weight excluding hydrogens is 447 g/mol. The zero-order valence-corrected chi connectivity index (χ0v) is 18.0. The van der Waals surface area contributed by atoms with E-state index in [1.54, 1.807) is 12.1 Å². The van der Waals surface area contributed by atoms with E-state index in [4.69, 9.17) is 0 Å². The number of halogens is 3. The third-order valence-electron chi connectivity index (χ3n) is 5.13. The van der Waals surface area contributed by atoms with Crippen molar-refractivity contribution in [1.82, 2.24) is 4.31 Å². The molecule has 0 aromatic heterocycles. The van der Waals surface area contributed by atoms with E-state index in [9.17, 15) is 31.2 Å². The van der Waals surface area contributed by atoms with E-state index in [1.165, 1.54) is 28.6 Å². The van der Waals surface area contributed by atoms with Crippen LogP contribution < -0.4 is 10.6 Å². The second-order valence-corrected chi connectivity index (χ2v) is 9.52. The fourth-order valence-corrected chi connectivity index (χ4v) is 4.28. The number of nitrogens with one attached hydrogen (secondary N) is 2. The molecule has 0 bridgehead atoms. The van der Waals surface area contributed by atoms with Gasteiger partial charge >= 0.3 is 6.18 Å². The van der Waals surface area contributed by atoms with Crippen LogP contribution in [0.2, 0.25) is 0 Å². The summed E-state index contributed by atoms with van der Waals surface area (Å²) in [6, 6.07) is 10.3. The molecule has 0 atom stereocenters. The molecule has 0 radical (unpaired) electrons. The van der Waals surface area contributed by atoms with Crippen LogP contribution in [0.25, 0.3) is 0 Å². The van der Waals surface area contributed by atoms with E-state index in [0.29, 0.717) is 18.5 Å². The van der Waals surface area contributed by atoms with Gasteiger partial charge in [-0.15, -0.1) is 0 Å². The topological polar surface area (TPSA) is 95.6 Å². The van der Waals surface area contributed by atoms with Crippen LogP contribution in [0.3, 0.4) is 0 Å². The second-order valence-electron chi connectivity index (χ2n) is 7.54. The summed E-state index contributed by atoms with van der Waals surface area (Å²) in [6.45, 7) is 0.521. The molecule has 1 aliphatic rings. The Labute approximate surface area is 183 Å². The van der Waals surface area contributed by atoms with Crippen LogP contribution >= 0.6 is 0 Å². The molecule has 2 N–H and O–H groups in total. The second kappa shape index (κ2) is 9.29. The van der Waals surface area contributed by atoms with Crippen molar-refractivity contribution in [2.24, 2.45) is 5.92 Å². The smallest absolute Gasteiger partial charge is 0.326 e. The number of amides is 2. The van der Waals surface area contributed by atoms with E-state index in [1.807, 2.05) is 0 Å². The molecular formula is C21H22F3N3O4S. The normalized spacial score (nSPS) is 15.9. The highest BCUT2D eigenvalue weighted by Gasteiger charge is 2.31. The SMILES string of the molecule is CS(=O)(=O)N1CCC(C(=O)Nc2cccc(C(=O)Nc3cccc(C(F)(F)F)c3)c2)CC1. The fourth-order valence-electron chi connectivity index (χ4n) is 3.41. The van der Waals surface area contributed by atoms with Crippen LogP contribution in [0.15, 0.2) is 48.5 Å². The molecule has 1 heterocycles. The summed E-state index contributed by atoms with van der Waals surface area (Å²) in [5, 5.41) is 5.14. The fraction of sp³-hybridized carbons (Fsp3) is 0.333. The Morgan fingerprint density at radius 3 is 2.16 bits per heavy atom. The Morgan fingerprint density at radius 2 is 1.56 bits per heavy atom. The number of nitrogens with zero attached hydrogens (tertiary/aromatic N) is 1. The molecule has 1 saturated heterocycles. The zero-order chi connectivity index (χ0) is 23.5. The summed E-state index contributed by atoms with van der Waals surface area (Å²) in [4.78, 5) is 25.0. The van der Waals surface area contributed by atoms with Crippen LogP contribution in [0.1, 0.15) is 28.8 Å². The van der Waals surface area contributed by atoms with Gasteiger partial charge in [0, 0.05) is 35.9 Å². The van der Waals surface area contributed by atoms with Gasteiger partial charge in [-0.3, -0.25) is 9.59 Å². The van der Waals surface area contributed by atoms with Gasteiger partial charge < -0.3 is 10.6 Å². The number of rotatable bonds is 5. The minimum Gasteiger partial charge on any atom is -0.326 e. The third-order valence-corrected chi connectivity index (χ3v) is 6.44. The molecule has 7 nitrogen and oxygen atoms in total. The summed E-state index contributed by atoms with van der Waals surface area (Å²) in [7, 11) is -3.29. The quantitative estimate of drug-likeness (QED) is 0.700. The maximum atomic E-state index is 12.9. The number of hydrogen-bond acceptors (Lipinski definition) is 4. The van der Waals surface area contributed by atoms with Crippen molar-refractivity contribution in [1.29, 1.82) is 0 Å². The largest absolute Gasteiger partial charge is 0.416 e. The molecule has 1 aliphatic heterocycles. The number of piperidine rings is 1. The van der Waals surface area contributed by atoms with E-state index in [0.717, 1.165) is 18.4 Å². The number of sulfonamides is 1. The first kappa shape index (κ1) is 23.7. The van der Waals surface area contributed by atoms with Gasteiger partial charge in [-0.05, 0) is 49.2 Å². The van der Waals surface area contributed by atoms with Gasteiger partial charge in [0.25, 0.3) is 5.91 Å². The first-order valence-electron chi connectivity index (χ1n) is 9.78. The van der Waals surface area contributed by atoms with Gasteiger partial charge in [-0.25, -0.2) is 12.7 Å². The molecule has 0 unspecified atom stereocenters. The standard InChI is InChI=1S/C21H22F3N3O4S/c1-32(30,31)27-10-8-14(9-11-27)19(28)25-17-6-2-4-15(12-17)20(29)26-18-7-3-5-16(13-18)21(22,23)24/h2-7,12-14H,8-11H2,1H3,(H,25,28)(H,26,29). The maximum absolute atomic E-state index is 12.9. The molecule has 32 heavy (non-hydrogen) atoms. The van der Waals surface area contributed by atoms with Gasteiger partial charge in [0.05, 0.1) is 11.8 Å². The zero-order valence-electron chi connectivity index (χ0n) is 17.1. The van der Waals surface area contributed by atoms with Crippen LogP contribution in [-0.2, 0) is 21.0 Å². The molecule has 3 rings (SSSR count). The van der Waals surface area contributed by atoms with Crippen molar-refractivity contribution in [3.63, 3.8) is 0 Å². The lowest BCUT2D eigenvalue weighted by molar-refractivity contribution is -0.137. The first-order valence-corrected chi connectivity index (χ1v) is 11.6. The van der Waals surface area contributed by atoms with Crippen LogP contribution in [0.4, 0.5) is 24.5 Å². The summed E-state index contributed by atoms with van der Waals surface area (Å²) in [5.74, 6) is -1.27. The predicted octanol–water partition coefficient (Wildman–Crippen LogP) is 3.57. The van der Waals surface area contributed by atoms with Gasteiger partial charge in [0.1, 0.15) is 0 Å². The van der Waals surface area contributed by atoms with Crippen LogP contribution in [0.5, 0.6) is 0 Å². The number of anilines is 2. The van der Waals surface area contributed by atoms with Crippen molar-refractivity contribution in [2.45, 2.75) is 19.0 Å². The lowest BCUT2D eigenvalue weighted by Crippen LogP contribution is -2.40. The van der Waals surface area contributed by atoms with E-state index in [-0.39, 0.29) is 36.2 Å². The molecule has 0 saturated carbocycles. The minimum absolute atomic E-state index is 0.00287. The Morgan fingerprint density at radius 1 is 0.969 bits per heavy atom. The average molecular weight is 469 g/mol. The molecule has 2 aromatic rings.